The van der Waals surface area contributed by atoms with E-state index in [2.05, 4.69) is 21.0 Å². The molecule has 5 aliphatic heterocycles. The number of phenols is 1. The van der Waals surface area contributed by atoms with Gasteiger partial charge in [0, 0.05) is 54.2 Å². The largest absolute Gasteiger partial charge is 0.508 e. The highest BCUT2D eigenvalue weighted by Gasteiger charge is 2.49. The quantitative estimate of drug-likeness (QED) is 0.338. The van der Waals surface area contributed by atoms with Gasteiger partial charge in [0.1, 0.15) is 42.1 Å². The molecule has 2 N–H and O–H groups in total. The minimum Gasteiger partial charge on any atom is -0.508 e. The SMILES string of the molecule is C#Cc1cccc2cc(O)cc(-c3cc4c5c(nc(OC[C@@]67CCCN6C[C@H](F)C7)nc5n3)N3CC5CCC(N5)C3CO4)c12. The van der Waals surface area contributed by atoms with Crippen LogP contribution in [0.15, 0.2) is 36.4 Å². The molecular formula is C34H33FN6O3. The van der Waals surface area contributed by atoms with Gasteiger partial charge in [0.05, 0.1) is 17.3 Å². The second kappa shape index (κ2) is 9.65. The van der Waals surface area contributed by atoms with Gasteiger partial charge in [-0.15, -0.1) is 6.42 Å². The van der Waals surface area contributed by atoms with Crippen molar-refractivity contribution < 1.29 is 19.0 Å². The summed E-state index contributed by atoms with van der Waals surface area (Å²) in [5.41, 5.74) is 2.12. The number of anilines is 1. The summed E-state index contributed by atoms with van der Waals surface area (Å²) in [4.78, 5) is 19.5. The van der Waals surface area contributed by atoms with E-state index in [1.165, 1.54) is 0 Å². The van der Waals surface area contributed by atoms with Crippen molar-refractivity contribution in [3.63, 3.8) is 0 Å². The van der Waals surface area contributed by atoms with Gasteiger partial charge in [-0.05, 0) is 55.8 Å². The molecule has 9 nitrogen and oxygen atoms in total. The third-order valence-corrected chi connectivity index (χ3v) is 10.5. The summed E-state index contributed by atoms with van der Waals surface area (Å²) >= 11 is 0. The maximum atomic E-state index is 14.5. The standard InChI is InChI=1S/C34H33FN6O3/c1-2-19-5-3-6-20-11-23(42)12-24(29(19)20)26-13-28-30-31(37-26)38-33(44-18-34-9-4-10-40(34)15-21(35)14-34)39-32(30)41-16-22-7-8-25(36-22)27(41)17-43-28/h1,3,5-6,11-13,21-22,25,27,36,42H,4,7-10,14-18H2/t21-,22?,25?,27?,34+/m1/s1. The Kier molecular flexibility index (Phi) is 5.75. The van der Waals surface area contributed by atoms with Crippen LogP contribution in [0.2, 0.25) is 0 Å². The lowest BCUT2D eigenvalue weighted by molar-refractivity contribution is 0.107. The number of terminal acetylenes is 1. The van der Waals surface area contributed by atoms with Crippen molar-refractivity contribution in [1.82, 2.24) is 25.2 Å². The van der Waals surface area contributed by atoms with Crippen LogP contribution in [0.1, 0.15) is 37.7 Å². The zero-order valence-corrected chi connectivity index (χ0v) is 24.3. The summed E-state index contributed by atoms with van der Waals surface area (Å²) in [6.45, 7) is 2.98. The number of nitrogens with one attached hydrogen (secondary N) is 1. The van der Waals surface area contributed by atoms with Gasteiger partial charge in [0.15, 0.2) is 5.65 Å². The number of aromatic nitrogens is 3. The Morgan fingerprint density at radius 3 is 3.00 bits per heavy atom. The Labute approximate surface area is 254 Å². The number of phenolic OH excluding ortho intramolecular Hbond substituents is 1. The summed E-state index contributed by atoms with van der Waals surface area (Å²) in [5.74, 6) is 4.31. The Morgan fingerprint density at radius 1 is 1.16 bits per heavy atom. The fraction of sp³-hybridized carbons (Fsp3) is 0.441. The minimum atomic E-state index is -0.841. The summed E-state index contributed by atoms with van der Waals surface area (Å²) < 4.78 is 27.5. The van der Waals surface area contributed by atoms with Gasteiger partial charge in [-0.25, -0.2) is 9.37 Å². The van der Waals surface area contributed by atoms with Crippen LogP contribution in [-0.4, -0.2) is 87.6 Å². The number of piperazine rings is 1. The second-order valence-electron chi connectivity index (χ2n) is 13.0. The van der Waals surface area contributed by atoms with Crippen molar-refractivity contribution >= 4 is 27.6 Å². The summed E-state index contributed by atoms with van der Waals surface area (Å²) in [5, 5.41) is 16.8. The normalized spacial score (nSPS) is 28.9. The molecule has 5 atom stereocenters. The van der Waals surface area contributed by atoms with E-state index in [1.807, 2.05) is 24.3 Å². The molecule has 0 spiro atoms. The first-order valence-corrected chi connectivity index (χ1v) is 15.6. The molecule has 2 aromatic heterocycles. The summed E-state index contributed by atoms with van der Waals surface area (Å²) in [6, 6.07) is 12.0. The first-order valence-electron chi connectivity index (χ1n) is 15.6. The lowest BCUT2D eigenvalue weighted by atomic mass is 9.95. The molecule has 9 rings (SSSR count). The van der Waals surface area contributed by atoms with Crippen LogP contribution in [0.4, 0.5) is 10.2 Å². The van der Waals surface area contributed by atoms with E-state index in [1.54, 1.807) is 12.1 Å². The lowest BCUT2D eigenvalue weighted by Gasteiger charge is -2.40. The molecule has 0 aliphatic carbocycles. The topological polar surface area (TPSA) is 95.9 Å². The van der Waals surface area contributed by atoms with Crippen LogP contribution in [0, 0.1) is 12.3 Å². The molecule has 2 bridgehead atoms. The highest BCUT2D eigenvalue weighted by molar-refractivity contribution is 6.03. The zero-order chi connectivity index (χ0) is 29.6. The maximum absolute atomic E-state index is 14.5. The first-order chi connectivity index (χ1) is 21.5. The second-order valence-corrected chi connectivity index (χ2v) is 13.0. The van der Waals surface area contributed by atoms with Crippen LogP contribution in [-0.2, 0) is 0 Å². The van der Waals surface area contributed by atoms with Gasteiger partial charge in [-0.2, -0.15) is 9.97 Å². The van der Waals surface area contributed by atoms with E-state index in [-0.39, 0.29) is 23.3 Å². The summed E-state index contributed by atoms with van der Waals surface area (Å²) in [7, 11) is 0. The van der Waals surface area contributed by atoms with Crippen molar-refractivity contribution in [2.24, 2.45) is 0 Å². The molecule has 10 heteroatoms. The molecule has 224 valence electrons. The molecule has 3 unspecified atom stereocenters. The maximum Gasteiger partial charge on any atom is 0.320 e. The first kappa shape index (κ1) is 26.2. The van der Waals surface area contributed by atoms with E-state index >= 15 is 0 Å². The van der Waals surface area contributed by atoms with Gasteiger partial charge in [-0.3, -0.25) is 4.90 Å². The van der Waals surface area contributed by atoms with Crippen molar-refractivity contribution in [3.05, 3.63) is 42.0 Å². The molecule has 2 aromatic carbocycles. The molecule has 7 heterocycles. The fourth-order valence-electron chi connectivity index (χ4n) is 8.48. The molecule has 5 aliphatic rings. The number of aromatic hydroxyl groups is 1. The van der Waals surface area contributed by atoms with Crippen molar-refractivity contribution in [2.45, 2.75) is 61.9 Å². The van der Waals surface area contributed by atoms with Crippen LogP contribution >= 0.6 is 0 Å². The van der Waals surface area contributed by atoms with Crippen LogP contribution in [0.3, 0.4) is 0 Å². The van der Waals surface area contributed by atoms with E-state index < -0.39 is 6.17 Å². The van der Waals surface area contributed by atoms with Gasteiger partial charge in [-0.1, -0.05) is 18.1 Å². The molecule has 4 saturated heterocycles. The Hall–Kier alpha value is -4.20. The number of rotatable bonds is 4. The van der Waals surface area contributed by atoms with Crippen molar-refractivity contribution in [3.8, 4) is 41.1 Å². The number of pyridine rings is 1. The summed E-state index contributed by atoms with van der Waals surface area (Å²) in [6.07, 6.45) is 9.68. The number of nitrogens with zero attached hydrogens (tertiary/aromatic N) is 5. The molecule has 4 aromatic rings. The van der Waals surface area contributed by atoms with E-state index in [0.29, 0.717) is 66.5 Å². The number of benzene rings is 2. The molecule has 0 saturated carbocycles. The fourth-order valence-corrected chi connectivity index (χ4v) is 8.48. The number of fused-ring (bicyclic) bond motifs is 7. The predicted molar refractivity (Wildman–Crippen MR) is 165 cm³/mol. The number of hydrogen-bond acceptors (Lipinski definition) is 9. The van der Waals surface area contributed by atoms with E-state index in [4.69, 9.17) is 30.8 Å². The third kappa shape index (κ3) is 3.95. The Bertz CT molecular complexity index is 1880. The molecular weight excluding hydrogens is 559 g/mol. The van der Waals surface area contributed by atoms with E-state index in [9.17, 15) is 9.50 Å². The minimum absolute atomic E-state index is 0.0937. The van der Waals surface area contributed by atoms with Gasteiger partial charge >= 0.3 is 6.01 Å². The average molecular weight is 593 g/mol. The van der Waals surface area contributed by atoms with Crippen molar-refractivity contribution in [1.29, 1.82) is 0 Å². The molecule has 4 fully saturated rings. The Balaban J connectivity index is 1.21. The number of alkyl halides is 1. The van der Waals surface area contributed by atoms with E-state index in [0.717, 1.165) is 60.7 Å². The van der Waals surface area contributed by atoms with Gasteiger partial charge < -0.3 is 24.8 Å². The number of halogens is 1. The highest BCUT2D eigenvalue weighted by Crippen LogP contribution is 2.44. The molecule has 0 amide bonds. The number of hydrogen-bond donors (Lipinski definition) is 2. The lowest BCUT2D eigenvalue weighted by Crippen LogP contribution is -2.60. The molecule has 0 radical (unpaired) electrons. The Morgan fingerprint density at radius 2 is 2.09 bits per heavy atom. The highest BCUT2D eigenvalue weighted by atomic mass is 19.1. The van der Waals surface area contributed by atoms with Crippen LogP contribution in [0.25, 0.3) is 33.1 Å². The van der Waals surface area contributed by atoms with Gasteiger partial charge in [0.25, 0.3) is 0 Å². The van der Waals surface area contributed by atoms with Crippen LogP contribution in [0.5, 0.6) is 17.5 Å². The smallest absolute Gasteiger partial charge is 0.320 e. The van der Waals surface area contributed by atoms with Gasteiger partial charge in [0.2, 0.25) is 0 Å². The number of ether oxygens (including phenoxy) is 2. The predicted octanol–water partition coefficient (Wildman–Crippen LogP) is 4.19. The molecule has 44 heavy (non-hydrogen) atoms. The zero-order valence-electron chi connectivity index (χ0n) is 24.3. The van der Waals surface area contributed by atoms with Crippen molar-refractivity contribution in [2.75, 3.05) is 37.7 Å². The third-order valence-electron chi connectivity index (χ3n) is 10.5. The monoisotopic (exact) mass is 592 g/mol. The average Bonchev–Trinajstić information content (AvgIpc) is 3.66. The van der Waals surface area contributed by atoms with Crippen LogP contribution < -0.4 is 19.7 Å².